The van der Waals surface area contributed by atoms with Gasteiger partial charge in [0.25, 0.3) is 0 Å². The van der Waals surface area contributed by atoms with Crippen LogP contribution >= 0.6 is 21.6 Å². The normalized spacial score (nSPS) is 35.5. The van der Waals surface area contributed by atoms with Crippen molar-refractivity contribution < 1.29 is 73.9 Å². The molecule has 1 unspecified atom stereocenters. The highest BCUT2D eigenvalue weighted by molar-refractivity contribution is 8.76. The summed E-state index contributed by atoms with van der Waals surface area (Å²) in [6, 6.07) is -0.398. The number of aliphatic imine (C=N–C) groups is 1. The molecule has 2 aliphatic carbocycles. The van der Waals surface area contributed by atoms with Gasteiger partial charge in [-0.25, -0.2) is 9.59 Å². The number of nitrogens with zero attached hydrogens (tertiary/aromatic N) is 1. The number of quaternary nitrogens is 1. The molecule has 2 bridgehead atoms. The number of rotatable bonds is 13. The maximum Gasteiger partial charge on any atom is 0.343 e. The van der Waals surface area contributed by atoms with E-state index in [9.17, 15) is 45.3 Å². The van der Waals surface area contributed by atoms with Crippen molar-refractivity contribution in [1.82, 2.24) is 10.6 Å². The predicted molar refractivity (Wildman–Crippen MR) is 227 cm³/mol. The van der Waals surface area contributed by atoms with Crippen molar-refractivity contribution in [3.8, 4) is 0 Å². The minimum atomic E-state index is -2.94. The summed E-state index contributed by atoms with van der Waals surface area (Å²) in [5.41, 5.74) is 6.86. The van der Waals surface area contributed by atoms with Crippen LogP contribution in [0.3, 0.4) is 0 Å². The van der Waals surface area contributed by atoms with Crippen molar-refractivity contribution >= 4 is 39.5 Å². The molecule has 21 heteroatoms. The topological polar surface area (TPSA) is 289 Å². The molecular weight excluding hydrogens is 851 g/mol. The molecule has 4 aliphatic heterocycles. The molecule has 0 amide bonds. The van der Waals surface area contributed by atoms with Gasteiger partial charge in [-0.1, -0.05) is 52.7 Å². The summed E-state index contributed by atoms with van der Waals surface area (Å²) in [6.45, 7) is 3.05. The van der Waals surface area contributed by atoms with Crippen molar-refractivity contribution in [2.24, 2.45) is 33.9 Å². The molecule has 6 aliphatic rings. The van der Waals surface area contributed by atoms with Gasteiger partial charge in [-0.15, -0.1) is 6.58 Å². The average molecular weight is 913 g/mol. The van der Waals surface area contributed by atoms with E-state index in [4.69, 9.17) is 29.4 Å². The molecule has 0 aromatic rings. The van der Waals surface area contributed by atoms with Gasteiger partial charge < -0.3 is 70.5 Å². The Bertz CT molecular complexity index is 1760. The molecule has 0 radical (unpaired) electrons. The molecule has 3 fully saturated rings. The fourth-order valence-electron chi connectivity index (χ4n) is 9.43. The second kappa shape index (κ2) is 21.8. The van der Waals surface area contributed by atoms with Gasteiger partial charge in [0.2, 0.25) is 12.1 Å². The molecule has 6 rings (SSSR count). The number of allylic oxidation sites excluding steroid dienone is 1. The number of carboxylic acids is 1. The third-order valence-electron chi connectivity index (χ3n) is 12.8. The molecule has 11 atom stereocenters. The Labute approximate surface area is 368 Å². The van der Waals surface area contributed by atoms with E-state index in [-0.39, 0.29) is 73.3 Å². The number of carbonyl (C=O) groups is 2. The number of carboxylic acid groups (broad SMARTS) is 1. The lowest BCUT2D eigenvalue weighted by molar-refractivity contribution is -0.867. The standard InChI is InChI=1S/C41H61N5O14S2/c1-3-25-26-8-7-23-15-46(16-27(35(51)52)32(23)45-39(42)44-13-6-14-47)24(17-48)20-61-62-21-29-30(9-12-40(29)10-4-5-11-40)58-36(53)28(26)19-56-37(25)60-38-34(57-22-43-2)41(54,55)33(50)31(18-49)59-38/h3,7-8,16,19,24-26,29-31,33-34,37-38,43,47-50,54-55H,1,4-6,9-15,17-18,20-22H2,2H3,(H,51,52)(H3,42,44,45)/p+1/b8-7+/t24-,25-,26+,29-,30-,31-,33-,34+,37+,38+/m1/s1. The number of aliphatic hydroxyl groups is 6. The number of nitrogens with two attached hydrogens (primary N) is 1. The van der Waals surface area contributed by atoms with Crippen LogP contribution in [0.5, 0.6) is 0 Å². The van der Waals surface area contributed by atoms with Crippen LogP contribution < -0.4 is 21.3 Å². The smallest absolute Gasteiger partial charge is 0.343 e. The maximum atomic E-state index is 14.5. The Kier molecular flexibility index (Phi) is 17.0. The molecule has 62 heavy (non-hydrogen) atoms. The lowest BCUT2D eigenvalue weighted by Gasteiger charge is -2.47. The van der Waals surface area contributed by atoms with Gasteiger partial charge in [-0.3, -0.25) is 15.2 Å². The monoisotopic (exact) mass is 912 g/mol. The molecule has 2 saturated carbocycles. The maximum absolute atomic E-state index is 14.5. The summed E-state index contributed by atoms with van der Waals surface area (Å²) < 4.78 is 30.2. The number of hydrogen-bond acceptors (Lipinski definition) is 17. The van der Waals surface area contributed by atoms with Crippen LogP contribution in [0.2, 0.25) is 0 Å². The van der Waals surface area contributed by atoms with Crippen molar-refractivity contribution in [3.63, 3.8) is 0 Å². The number of esters is 1. The number of ether oxygens (including phenoxy) is 5. The minimum absolute atomic E-state index is 0.0454. The zero-order chi connectivity index (χ0) is 44.6. The van der Waals surface area contributed by atoms with Gasteiger partial charge in [0.05, 0.1) is 49.1 Å². The third-order valence-corrected chi connectivity index (χ3v) is 15.3. The number of hydrogen-bond donors (Lipinski definition) is 11. The average Bonchev–Trinajstić information content (AvgIpc) is 3.86. The lowest BCUT2D eigenvalue weighted by atomic mass is 9.77. The van der Waals surface area contributed by atoms with Gasteiger partial charge in [0.15, 0.2) is 18.4 Å². The van der Waals surface area contributed by atoms with Crippen LogP contribution in [0.1, 0.15) is 44.9 Å². The molecule has 19 nitrogen and oxygen atoms in total. The second-order valence-corrected chi connectivity index (χ2v) is 19.1. The van der Waals surface area contributed by atoms with E-state index < -0.39 is 73.1 Å². The highest BCUT2D eigenvalue weighted by atomic mass is 33.1. The zero-order valence-corrected chi connectivity index (χ0v) is 36.4. The second-order valence-electron chi connectivity index (χ2n) is 16.5. The molecular formula is C41H62N5O14S2+. The first-order valence-corrected chi connectivity index (χ1v) is 23.6. The van der Waals surface area contributed by atoms with Crippen LogP contribution in [-0.2, 0) is 33.3 Å². The third kappa shape index (κ3) is 10.6. The largest absolute Gasteiger partial charge is 0.477 e. The summed E-state index contributed by atoms with van der Waals surface area (Å²) in [5.74, 6) is -5.45. The summed E-state index contributed by atoms with van der Waals surface area (Å²) >= 11 is 0. The van der Waals surface area contributed by atoms with Crippen LogP contribution in [-0.4, -0.2) is 161 Å². The Morgan fingerprint density at radius 1 is 1.15 bits per heavy atom. The summed E-state index contributed by atoms with van der Waals surface area (Å²) in [4.78, 5) is 32.4. The predicted octanol–water partition coefficient (Wildman–Crippen LogP) is -1.42. The van der Waals surface area contributed by atoms with Crippen LogP contribution in [0.15, 0.2) is 64.7 Å². The van der Waals surface area contributed by atoms with Crippen LogP contribution in [0.4, 0.5) is 0 Å². The molecule has 0 aromatic carbocycles. The van der Waals surface area contributed by atoms with E-state index in [2.05, 4.69) is 22.2 Å². The van der Waals surface area contributed by atoms with E-state index in [1.54, 1.807) is 47.0 Å². The molecule has 12 N–H and O–H groups in total. The minimum Gasteiger partial charge on any atom is -0.477 e. The van der Waals surface area contributed by atoms with Crippen molar-refractivity contribution in [2.75, 3.05) is 58.2 Å². The number of carbonyl (C=O) groups excluding carboxylic acids is 1. The van der Waals surface area contributed by atoms with Gasteiger partial charge in [-0.2, -0.15) is 0 Å². The fourth-order valence-corrected chi connectivity index (χ4v) is 12.3. The Morgan fingerprint density at radius 3 is 2.58 bits per heavy atom. The number of nitrogens with one attached hydrogen (secondary N) is 3. The molecule has 1 saturated heterocycles. The number of aliphatic carboxylic acids is 1. The van der Waals surface area contributed by atoms with Gasteiger partial charge >= 0.3 is 11.9 Å². The first-order chi connectivity index (χ1) is 29.8. The molecule has 4 heterocycles. The molecule has 346 valence electrons. The highest BCUT2D eigenvalue weighted by Crippen LogP contribution is 2.56. The van der Waals surface area contributed by atoms with E-state index in [1.807, 2.05) is 0 Å². The van der Waals surface area contributed by atoms with Gasteiger partial charge in [0, 0.05) is 36.3 Å². The number of aliphatic hydroxyl groups excluding tert-OH is 4. The zero-order valence-electron chi connectivity index (χ0n) is 34.8. The molecule has 1 spiro atoms. The van der Waals surface area contributed by atoms with Crippen molar-refractivity contribution in [2.45, 2.75) is 93.8 Å². The lowest BCUT2D eigenvalue weighted by Crippen LogP contribution is -3.13. The Hall–Kier alpha value is -3.03. The summed E-state index contributed by atoms with van der Waals surface area (Å²) in [7, 11) is 4.82. The van der Waals surface area contributed by atoms with E-state index in [0.717, 1.165) is 32.1 Å². The first kappa shape index (κ1) is 48.4. The van der Waals surface area contributed by atoms with E-state index >= 15 is 0 Å². The Balaban J connectivity index is 1.44. The Morgan fingerprint density at radius 2 is 1.90 bits per heavy atom. The summed E-state index contributed by atoms with van der Waals surface area (Å²) in [5, 5.41) is 78.9. The molecule has 0 aromatic heterocycles. The highest BCUT2D eigenvalue weighted by Gasteiger charge is 2.58. The van der Waals surface area contributed by atoms with E-state index in [0.29, 0.717) is 34.8 Å². The number of fused-ring (bicyclic) bond motifs is 5. The van der Waals surface area contributed by atoms with E-state index in [1.165, 1.54) is 12.3 Å². The first-order valence-electron chi connectivity index (χ1n) is 21.1. The number of guanidine groups is 1. The van der Waals surface area contributed by atoms with Crippen molar-refractivity contribution in [1.29, 1.82) is 0 Å². The van der Waals surface area contributed by atoms with Gasteiger partial charge in [0.1, 0.15) is 42.7 Å². The summed E-state index contributed by atoms with van der Waals surface area (Å²) in [6.07, 6.45) is 5.37. The fraction of sp³-hybridized carbons (Fsp3) is 0.683. The van der Waals surface area contributed by atoms with Gasteiger partial charge in [-0.05, 0) is 44.6 Å². The van der Waals surface area contributed by atoms with Crippen LogP contribution in [0.25, 0.3) is 0 Å². The van der Waals surface area contributed by atoms with Crippen LogP contribution in [0, 0.1) is 23.2 Å². The SMILES string of the molecule is C=C[C@H]1[C@H](O[C@@H]2O[C@H](CO)[C@@H](O)C(O)(O)[C@H]2OCNC)OC=C2C(=O)O[C@@H]3CCC4(CCCC4)[C@@H]3CSSC[C@@H](CO)[NH+]3C=C(C(=O)O)C(NC(N)=NCCCO)=C(/C=C/[C@H]21)C3. The van der Waals surface area contributed by atoms with Crippen molar-refractivity contribution in [3.05, 3.63) is 59.7 Å². The quantitative estimate of drug-likeness (QED) is 0.0192.